The number of nitrogens with one attached hydrogen (secondary N) is 3. The van der Waals surface area contributed by atoms with E-state index in [0.717, 1.165) is 0 Å². The molecule has 0 aliphatic carbocycles. The van der Waals surface area contributed by atoms with Crippen LogP contribution in [0.25, 0.3) is 16.7 Å². The van der Waals surface area contributed by atoms with Gasteiger partial charge in [0.15, 0.2) is 5.75 Å². The van der Waals surface area contributed by atoms with Crippen molar-refractivity contribution < 1.29 is 18.7 Å². The Morgan fingerprint density at radius 3 is 2.46 bits per heavy atom. The van der Waals surface area contributed by atoms with E-state index < -0.39 is 5.91 Å². The maximum atomic E-state index is 13.9. The molecule has 2 heterocycles. The number of fused-ring (bicyclic) bond motifs is 1. The first kappa shape index (κ1) is 25.3. The zero-order valence-corrected chi connectivity index (χ0v) is 20.8. The lowest BCUT2D eigenvalue weighted by atomic mass is 10.1. The summed E-state index contributed by atoms with van der Waals surface area (Å²) in [6.45, 7) is 7.34. The number of pyridine rings is 1. The zero-order valence-electron chi connectivity index (χ0n) is 20.8. The minimum atomic E-state index is -0.633. The number of amides is 2. The summed E-state index contributed by atoms with van der Waals surface area (Å²) in [6, 6.07) is 9.21. The maximum Gasteiger partial charge on any atom is 0.300 e. The first-order valence-corrected chi connectivity index (χ1v) is 11.5. The lowest BCUT2D eigenvalue weighted by Crippen LogP contribution is -2.22. The largest absolute Gasteiger partial charge is 0.455 e. The summed E-state index contributed by atoms with van der Waals surface area (Å²) < 4.78 is 21.9. The number of hydrogen-bond acceptors (Lipinski definition) is 4. The molecule has 8 nitrogen and oxygen atoms in total. The highest BCUT2D eigenvalue weighted by atomic mass is 19.1. The molecule has 4 aromatic rings. The summed E-state index contributed by atoms with van der Waals surface area (Å²) in [4.78, 5) is 40.2. The van der Waals surface area contributed by atoms with Crippen LogP contribution < -0.4 is 20.8 Å². The highest BCUT2D eigenvalue weighted by Gasteiger charge is 2.19. The van der Waals surface area contributed by atoms with Crippen LogP contribution in [0, 0.1) is 38.9 Å². The Kier molecular flexibility index (Phi) is 6.85. The number of nitrogens with zero attached hydrogens (tertiary/aromatic N) is 1. The lowest BCUT2D eigenvalue weighted by Gasteiger charge is -2.19. The Bertz CT molecular complexity index is 1640. The SMILES string of the molecule is C#CC(=O)Nc1ccc(Oc2c(C)cc(F)cc2C)c(-n2cc(C)c(=O)c3[nH]c(C(=O)NCC)cc32)c1. The van der Waals surface area contributed by atoms with Gasteiger partial charge in [0.05, 0.1) is 11.2 Å². The third kappa shape index (κ3) is 4.95. The monoisotopic (exact) mass is 500 g/mol. The van der Waals surface area contributed by atoms with E-state index in [-0.39, 0.29) is 28.4 Å². The third-order valence-electron chi connectivity index (χ3n) is 5.79. The van der Waals surface area contributed by atoms with Crippen molar-refractivity contribution >= 4 is 28.5 Å². The van der Waals surface area contributed by atoms with Gasteiger partial charge < -0.3 is 24.9 Å². The molecule has 2 aromatic heterocycles. The summed E-state index contributed by atoms with van der Waals surface area (Å²) in [6.07, 6.45) is 6.84. The molecule has 9 heteroatoms. The van der Waals surface area contributed by atoms with Gasteiger partial charge in [-0.2, -0.15) is 0 Å². The van der Waals surface area contributed by atoms with Crippen molar-refractivity contribution in [1.29, 1.82) is 0 Å². The number of carbonyl (C=O) groups excluding carboxylic acids is 2. The summed E-state index contributed by atoms with van der Waals surface area (Å²) in [5.41, 5.74) is 3.06. The summed E-state index contributed by atoms with van der Waals surface area (Å²) in [5.74, 6) is 1.47. The number of aryl methyl sites for hydroxylation is 3. The molecule has 188 valence electrons. The van der Waals surface area contributed by atoms with Crippen LogP contribution in [0.15, 0.2) is 47.4 Å². The first-order chi connectivity index (χ1) is 17.6. The van der Waals surface area contributed by atoms with E-state index in [1.54, 1.807) is 62.7 Å². The predicted molar refractivity (Wildman–Crippen MR) is 140 cm³/mol. The Hall–Kier alpha value is -4.84. The molecule has 37 heavy (non-hydrogen) atoms. The van der Waals surface area contributed by atoms with Crippen LogP contribution in [0.3, 0.4) is 0 Å². The number of carbonyl (C=O) groups is 2. The molecule has 2 aromatic carbocycles. The van der Waals surface area contributed by atoms with Gasteiger partial charge in [-0.25, -0.2) is 4.39 Å². The molecular formula is C28H25FN4O4. The average Bonchev–Trinajstić information content (AvgIpc) is 3.30. The molecule has 0 radical (unpaired) electrons. The Morgan fingerprint density at radius 1 is 1.11 bits per heavy atom. The van der Waals surface area contributed by atoms with Gasteiger partial charge in [-0.1, -0.05) is 0 Å². The molecule has 2 amide bonds. The molecule has 3 N–H and O–H groups in total. The van der Waals surface area contributed by atoms with E-state index in [1.165, 1.54) is 12.1 Å². The number of H-pyrrole nitrogens is 1. The van der Waals surface area contributed by atoms with Crippen LogP contribution in [0.2, 0.25) is 0 Å². The van der Waals surface area contributed by atoms with Crippen molar-refractivity contribution in [2.75, 3.05) is 11.9 Å². The molecule has 0 fully saturated rings. The zero-order chi connectivity index (χ0) is 26.9. The quantitative estimate of drug-likeness (QED) is 0.339. The fourth-order valence-corrected chi connectivity index (χ4v) is 4.11. The highest BCUT2D eigenvalue weighted by molar-refractivity contribution is 6.03. The van der Waals surface area contributed by atoms with Gasteiger partial charge in [-0.05, 0) is 81.1 Å². The van der Waals surface area contributed by atoms with Crippen molar-refractivity contribution in [3.05, 3.63) is 81.0 Å². The van der Waals surface area contributed by atoms with E-state index >= 15 is 0 Å². The summed E-state index contributed by atoms with van der Waals surface area (Å²) in [7, 11) is 0. The van der Waals surface area contributed by atoms with Gasteiger partial charge in [0.25, 0.3) is 11.8 Å². The standard InChI is InChI=1S/C28H25FN4O4/c1-6-24(34)31-19-8-9-23(37-27-15(3)10-18(29)11-16(27)4)21(12-19)33-14-17(5)26(35)25-22(33)13-20(32-25)28(36)30-7-2/h1,8-14,32H,7H2,2-5H3,(H,30,36)(H,31,34). The number of rotatable bonds is 6. The molecule has 4 rings (SSSR count). The van der Waals surface area contributed by atoms with E-state index in [9.17, 15) is 18.8 Å². The van der Waals surface area contributed by atoms with Crippen molar-refractivity contribution in [3.63, 3.8) is 0 Å². The van der Waals surface area contributed by atoms with Crippen molar-refractivity contribution in [3.8, 4) is 29.5 Å². The number of anilines is 1. The van der Waals surface area contributed by atoms with E-state index in [1.807, 2.05) is 5.92 Å². The van der Waals surface area contributed by atoms with Crippen LogP contribution in [0.5, 0.6) is 11.5 Å². The average molecular weight is 501 g/mol. The smallest absolute Gasteiger partial charge is 0.300 e. The minimum absolute atomic E-state index is 0.220. The predicted octanol–water partition coefficient (Wildman–Crippen LogP) is 4.50. The van der Waals surface area contributed by atoms with Crippen LogP contribution in [0.1, 0.15) is 34.1 Å². The number of hydrogen-bond donors (Lipinski definition) is 3. The topological polar surface area (TPSA) is 105 Å². The fraction of sp³-hybridized carbons (Fsp3) is 0.179. The molecule has 0 spiro atoms. The normalized spacial score (nSPS) is 10.7. The maximum absolute atomic E-state index is 13.9. The Morgan fingerprint density at radius 2 is 1.81 bits per heavy atom. The molecule has 0 atom stereocenters. The van der Waals surface area contributed by atoms with Crippen LogP contribution in [0.4, 0.5) is 10.1 Å². The Labute approximate surface area is 212 Å². The molecule has 0 saturated carbocycles. The molecule has 0 aliphatic heterocycles. The molecule has 0 aliphatic rings. The van der Waals surface area contributed by atoms with E-state index in [0.29, 0.717) is 51.6 Å². The minimum Gasteiger partial charge on any atom is -0.455 e. The first-order valence-electron chi connectivity index (χ1n) is 11.5. The van der Waals surface area contributed by atoms with Crippen molar-refractivity contribution in [2.45, 2.75) is 27.7 Å². The number of ether oxygens (including phenoxy) is 1. The highest BCUT2D eigenvalue weighted by Crippen LogP contribution is 2.36. The molecular weight excluding hydrogens is 475 g/mol. The van der Waals surface area contributed by atoms with Crippen LogP contribution in [-0.4, -0.2) is 27.9 Å². The van der Waals surface area contributed by atoms with Crippen molar-refractivity contribution in [2.24, 2.45) is 0 Å². The van der Waals surface area contributed by atoms with Gasteiger partial charge in [-0.3, -0.25) is 14.4 Å². The van der Waals surface area contributed by atoms with Gasteiger partial charge in [-0.15, -0.1) is 6.42 Å². The number of aromatic nitrogens is 2. The second-order valence-corrected chi connectivity index (χ2v) is 8.57. The van der Waals surface area contributed by atoms with E-state index in [4.69, 9.17) is 11.2 Å². The van der Waals surface area contributed by atoms with Gasteiger partial charge in [0, 0.05) is 24.0 Å². The van der Waals surface area contributed by atoms with Gasteiger partial charge >= 0.3 is 0 Å². The summed E-state index contributed by atoms with van der Waals surface area (Å²) in [5, 5.41) is 5.32. The number of benzene rings is 2. The second-order valence-electron chi connectivity index (χ2n) is 8.57. The lowest BCUT2D eigenvalue weighted by molar-refractivity contribution is -0.111. The van der Waals surface area contributed by atoms with Gasteiger partial charge in [0.1, 0.15) is 22.8 Å². The number of aromatic amines is 1. The third-order valence-corrected chi connectivity index (χ3v) is 5.79. The van der Waals surface area contributed by atoms with Gasteiger partial charge in [0.2, 0.25) is 5.43 Å². The number of terminal acetylenes is 1. The number of halogens is 1. The Balaban J connectivity index is 1.97. The van der Waals surface area contributed by atoms with Crippen LogP contribution >= 0.6 is 0 Å². The van der Waals surface area contributed by atoms with Crippen LogP contribution in [-0.2, 0) is 4.79 Å². The van der Waals surface area contributed by atoms with E-state index in [2.05, 4.69) is 15.6 Å². The van der Waals surface area contributed by atoms with Crippen molar-refractivity contribution in [1.82, 2.24) is 14.9 Å². The molecule has 0 bridgehead atoms. The molecule has 0 saturated heterocycles. The second kappa shape index (κ2) is 10.0. The summed E-state index contributed by atoms with van der Waals surface area (Å²) >= 11 is 0. The molecule has 0 unspecified atom stereocenters. The fourth-order valence-electron chi connectivity index (χ4n) is 4.11.